The normalized spacial score (nSPS) is 14.1. The largest absolute Gasteiger partial charge is 0.472 e. The van der Waals surface area contributed by atoms with Crippen LogP contribution >= 0.6 is 15.6 Å². The van der Waals surface area contributed by atoms with Crippen molar-refractivity contribution in [2.24, 2.45) is 11.8 Å². The van der Waals surface area contributed by atoms with Crippen LogP contribution in [-0.4, -0.2) is 96.7 Å². The summed E-state index contributed by atoms with van der Waals surface area (Å²) in [5.41, 5.74) is 0. The van der Waals surface area contributed by atoms with Gasteiger partial charge in [0.15, 0.2) is 12.2 Å². The first-order valence-corrected chi connectivity index (χ1v) is 41.5. The number of aliphatic hydroxyl groups excluding tert-OH is 1. The fraction of sp³-hybridized carbons (Fsp3) is 0.946. The summed E-state index contributed by atoms with van der Waals surface area (Å²) >= 11 is 0. The standard InChI is InChI=1S/C74H144O17P2/c1-7-9-11-13-15-17-19-21-22-23-24-28-33-41-47-53-59-74(79)90-69(62-84-71(76)56-50-44-38-31-29-25-26-30-36-42-48-54-66(3)4)64-88-92(80,81)86-60-68(75)61-87-93(82,83)89-65-70(63-85-72(77)57-51-45-39-35-34-37-43-49-55-67(5)6)91-73(78)58-52-46-40-32-27-20-18-16-14-12-10-8-2/h66-70,75H,7-65H2,1-6H3,(H,80,81)(H,82,83)/t68-,69-,70-/m1/s1. The minimum atomic E-state index is -4.96. The van der Waals surface area contributed by atoms with Gasteiger partial charge in [0, 0.05) is 25.7 Å². The molecule has 2 unspecified atom stereocenters. The summed E-state index contributed by atoms with van der Waals surface area (Å²) in [4.78, 5) is 72.7. The van der Waals surface area contributed by atoms with Gasteiger partial charge < -0.3 is 33.8 Å². The summed E-state index contributed by atoms with van der Waals surface area (Å²) in [6.07, 6.45) is 52.6. The molecule has 0 aromatic rings. The molecule has 93 heavy (non-hydrogen) atoms. The van der Waals surface area contributed by atoms with E-state index in [0.717, 1.165) is 102 Å². The monoisotopic (exact) mass is 1370 g/mol. The number of unbranched alkanes of at least 4 members (excludes halogenated alkanes) is 43. The van der Waals surface area contributed by atoms with E-state index >= 15 is 0 Å². The second kappa shape index (κ2) is 66.0. The molecular formula is C74H144O17P2. The van der Waals surface area contributed by atoms with Crippen molar-refractivity contribution >= 4 is 39.5 Å². The number of carbonyl (C=O) groups excluding carboxylic acids is 4. The van der Waals surface area contributed by atoms with Gasteiger partial charge in [0.2, 0.25) is 0 Å². The SMILES string of the molecule is CCCCCCCCCCCCCCCCCCC(=O)O[C@H](COC(=O)CCCCCCCCCCCCCC(C)C)COP(=O)(O)OC[C@@H](O)COP(=O)(O)OC[C@@H](COC(=O)CCCCCCCCCCC(C)C)OC(=O)CCCCCCCCCCCCCC. The summed E-state index contributed by atoms with van der Waals surface area (Å²) in [7, 11) is -9.91. The van der Waals surface area contributed by atoms with Gasteiger partial charge in [-0.1, -0.05) is 330 Å². The highest BCUT2D eigenvalue weighted by Crippen LogP contribution is 2.45. The van der Waals surface area contributed by atoms with Crippen LogP contribution in [0.1, 0.15) is 382 Å². The van der Waals surface area contributed by atoms with Gasteiger partial charge >= 0.3 is 39.5 Å². The van der Waals surface area contributed by atoms with Gasteiger partial charge in [-0.25, -0.2) is 9.13 Å². The van der Waals surface area contributed by atoms with Gasteiger partial charge in [0.25, 0.3) is 0 Å². The molecule has 0 amide bonds. The lowest BCUT2D eigenvalue weighted by Gasteiger charge is -2.21. The lowest BCUT2D eigenvalue weighted by atomic mass is 10.0. The third-order valence-corrected chi connectivity index (χ3v) is 19.1. The average Bonchev–Trinajstić information content (AvgIpc) is 2.86. The highest BCUT2D eigenvalue weighted by atomic mass is 31.2. The van der Waals surface area contributed by atoms with Gasteiger partial charge in [-0.3, -0.25) is 37.3 Å². The molecule has 0 heterocycles. The minimum absolute atomic E-state index is 0.107. The molecule has 0 bridgehead atoms. The van der Waals surface area contributed by atoms with Crippen molar-refractivity contribution in [2.45, 2.75) is 400 Å². The predicted octanol–water partition coefficient (Wildman–Crippen LogP) is 21.6. The molecule has 0 aromatic carbocycles. The van der Waals surface area contributed by atoms with Crippen LogP contribution in [0.25, 0.3) is 0 Å². The number of phosphoric acid groups is 2. The minimum Gasteiger partial charge on any atom is -0.462 e. The molecule has 0 aromatic heterocycles. The van der Waals surface area contributed by atoms with Gasteiger partial charge in [0.05, 0.1) is 26.4 Å². The topological polar surface area (TPSA) is 237 Å². The van der Waals surface area contributed by atoms with Crippen molar-refractivity contribution in [3.8, 4) is 0 Å². The molecule has 5 atom stereocenters. The maximum absolute atomic E-state index is 13.1. The first-order valence-electron chi connectivity index (χ1n) is 38.5. The van der Waals surface area contributed by atoms with Crippen molar-refractivity contribution in [3.63, 3.8) is 0 Å². The Balaban J connectivity index is 5.25. The van der Waals surface area contributed by atoms with E-state index in [1.165, 1.54) is 199 Å². The van der Waals surface area contributed by atoms with E-state index in [1.807, 2.05) is 0 Å². The van der Waals surface area contributed by atoms with Crippen LogP contribution in [0.3, 0.4) is 0 Å². The van der Waals surface area contributed by atoms with Crippen LogP contribution < -0.4 is 0 Å². The zero-order chi connectivity index (χ0) is 68.6. The van der Waals surface area contributed by atoms with Crippen LogP contribution in [-0.2, 0) is 65.4 Å². The molecule has 0 aliphatic carbocycles. The number of rotatable bonds is 73. The van der Waals surface area contributed by atoms with Crippen molar-refractivity contribution in [1.82, 2.24) is 0 Å². The van der Waals surface area contributed by atoms with E-state index in [1.54, 1.807) is 0 Å². The van der Waals surface area contributed by atoms with Crippen LogP contribution in [0.2, 0.25) is 0 Å². The molecule has 3 N–H and O–H groups in total. The summed E-state index contributed by atoms with van der Waals surface area (Å²) in [5, 5.41) is 10.6. The van der Waals surface area contributed by atoms with Crippen molar-refractivity contribution in [2.75, 3.05) is 39.6 Å². The molecule has 0 spiro atoms. The predicted molar refractivity (Wildman–Crippen MR) is 377 cm³/mol. The van der Waals surface area contributed by atoms with Gasteiger partial charge in [-0.15, -0.1) is 0 Å². The molecule has 0 radical (unpaired) electrons. The Kier molecular flexibility index (Phi) is 64.6. The van der Waals surface area contributed by atoms with Crippen LogP contribution in [0.5, 0.6) is 0 Å². The lowest BCUT2D eigenvalue weighted by molar-refractivity contribution is -0.161. The van der Waals surface area contributed by atoms with Gasteiger partial charge in [-0.2, -0.15) is 0 Å². The summed E-state index contributed by atoms with van der Waals surface area (Å²) in [6.45, 7) is 9.56. The molecule has 0 saturated heterocycles. The van der Waals surface area contributed by atoms with E-state index in [2.05, 4.69) is 41.5 Å². The Labute approximate surface area is 568 Å². The molecule has 552 valence electrons. The molecule has 17 nitrogen and oxygen atoms in total. The van der Waals surface area contributed by atoms with Crippen molar-refractivity contribution < 1.29 is 80.2 Å². The highest BCUT2D eigenvalue weighted by molar-refractivity contribution is 7.47. The van der Waals surface area contributed by atoms with Gasteiger partial charge in [-0.05, 0) is 37.5 Å². The summed E-state index contributed by atoms with van der Waals surface area (Å²) in [5.74, 6) is -0.619. The van der Waals surface area contributed by atoms with Crippen molar-refractivity contribution in [3.05, 3.63) is 0 Å². The fourth-order valence-corrected chi connectivity index (χ4v) is 12.9. The Morgan fingerprint density at radius 1 is 0.290 bits per heavy atom. The quantitative estimate of drug-likeness (QED) is 0.0222. The van der Waals surface area contributed by atoms with E-state index < -0.39 is 97.5 Å². The smallest absolute Gasteiger partial charge is 0.462 e. The fourth-order valence-electron chi connectivity index (χ4n) is 11.3. The first kappa shape index (κ1) is 91.1. The Morgan fingerprint density at radius 2 is 0.495 bits per heavy atom. The Morgan fingerprint density at radius 3 is 0.731 bits per heavy atom. The maximum Gasteiger partial charge on any atom is 0.472 e. The molecule has 19 heteroatoms. The zero-order valence-electron chi connectivity index (χ0n) is 60.6. The third-order valence-electron chi connectivity index (χ3n) is 17.2. The Bertz CT molecular complexity index is 1800. The van der Waals surface area contributed by atoms with Crippen LogP contribution in [0, 0.1) is 11.8 Å². The molecule has 0 saturated carbocycles. The number of aliphatic hydroxyl groups is 1. The number of hydrogen-bond donors (Lipinski definition) is 3. The first-order chi connectivity index (χ1) is 44.9. The van der Waals surface area contributed by atoms with Crippen LogP contribution in [0.4, 0.5) is 0 Å². The number of esters is 4. The molecule has 0 rings (SSSR count). The zero-order valence-corrected chi connectivity index (χ0v) is 62.3. The second-order valence-corrected chi connectivity index (χ2v) is 30.5. The van der Waals surface area contributed by atoms with E-state index in [0.29, 0.717) is 25.7 Å². The second-order valence-electron chi connectivity index (χ2n) is 27.6. The van der Waals surface area contributed by atoms with Crippen LogP contribution in [0.15, 0.2) is 0 Å². The van der Waals surface area contributed by atoms with E-state index in [4.69, 9.17) is 37.0 Å². The number of hydrogen-bond acceptors (Lipinski definition) is 15. The summed E-state index contributed by atoms with van der Waals surface area (Å²) in [6, 6.07) is 0. The van der Waals surface area contributed by atoms with E-state index in [-0.39, 0.29) is 25.7 Å². The maximum atomic E-state index is 13.1. The lowest BCUT2D eigenvalue weighted by Crippen LogP contribution is -2.30. The number of carbonyl (C=O) groups is 4. The van der Waals surface area contributed by atoms with Gasteiger partial charge in [0.1, 0.15) is 19.3 Å². The molecular weight excluding hydrogens is 1220 g/mol. The number of ether oxygens (including phenoxy) is 4. The average molecular weight is 1370 g/mol. The third kappa shape index (κ3) is 68.4. The summed E-state index contributed by atoms with van der Waals surface area (Å²) < 4.78 is 68.5. The Hall–Kier alpha value is -1.94. The van der Waals surface area contributed by atoms with Crippen molar-refractivity contribution in [1.29, 1.82) is 0 Å². The molecule has 0 aliphatic heterocycles. The molecule has 0 fully saturated rings. The number of phosphoric ester groups is 2. The van der Waals surface area contributed by atoms with E-state index in [9.17, 15) is 43.2 Å². The molecule has 0 aliphatic rings. The highest BCUT2D eigenvalue weighted by Gasteiger charge is 2.30.